The third-order valence-corrected chi connectivity index (χ3v) is 7.24. The first-order valence-electron chi connectivity index (χ1n) is 9.89. The molecule has 144 valence electrons. The Bertz CT molecular complexity index is 650. The van der Waals surface area contributed by atoms with Crippen LogP contribution in [0.25, 0.3) is 0 Å². The molecule has 26 heavy (non-hydrogen) atoms. The first-order valence-corrected chi connectivity index (χ1v) is 11.0. The summed E-state index contributed by atoms with van der Waals surface area (Å²) < 4.78 is 15.3. The van der Waals surface area contributed by atoms with Crippen molar-refractivity contribution in [3.63, 3.8) is 0 Å². The van der Waals surface area contributed by atoms with Crippen LogP contribution in [0.2, 0.25) is 0 Å². The highest BCUT2D eigenvalue weighted by molar-refractivity contribution is 7.90. The van der Waals surface area contributed by atoms with Crippen LogP contribution in [0.5, 0.6) is 0 Å². The summed E-state index contributed by atoms with van der Waals surface area (Å²) in [6.07, 6.45) is 6.64. The lowest BCUT2D eigenvalue weighted by molar-refractivity contribution is -0.123. The molecule has 1 aliphatic carbocycles. The Hall–Kier alpha value is -1.04. The number of hydrogen-bond donors (Lipinski definition) is 1. The highest BCUT2D eigenvalue weighted by Crippen LogP contribution is 2.34. The predicted octanol–water partition coefficient (Wildman–Crippen LogP) is 4.27. The van der Waals surface area contributed by atoms with E-state index in [1.54, 1.807) is 0 Å². The smallest absolute Gasteiger partial charge is 0.230 e. The summed E-state index contributed by atoms with van der Waals surface area (Å²) in [5.41, 5.74) is 3.45. The first kappa shape index (κ1) is 19.7. The van der Waals surface area contributed by atoms with E-state index in [4.69, 9.17) is 0 Å². The number of amides is 1. The number of carbonyl (C=O) groups excluding carboxylic acids is 1. The molecule has 1 N–H and O–H groups in total. The van der Waals surface area contributed by atoms with E-state index in [2.05, 4.69) is 22.9 Å². The summed E-state index contributed by atoms with van der Waals surface area (Å²) in [7, 11) is 0. The van der Waals surface area contributed by atoms with Gasteiger partial charge < -0.3 is 9.45 Å². The third kappa shape index (κ3) is 4.26. The molecule has 2 aliphatic rings. The van der Waals surface area contributed by atoms with Crippen LogP contribution in [0, 0.1) is 5.92 Å². The molecule has 0 unspecified atom stereocenters. The summed E-state index contributed by atoms with van der Waals surface area (Å²) in [4.78, 5) is 14.9. The normalized spacial score (nSPS) is 20.7. The molecule has 3 rings (SSSR count). The van der Waals surface area contributed by atoms with Gasteiger partial charge in [-0.15, -0.1) is 4.72 Å². The zero-order chi connectivity index (χ0) is 18.9. The fourth-order valence-corrected chi connectivity index (χ4v) is 4.71. The molecule has 1 fully saturated rings. The van der Waals surface area contributed by atoms with Gasteiger partial charge in [-0.25, -0.2) is 0 Å². The van der Waals surface area contributed by atoms with Crippen LogP contribution in [0.15, 0.2) is 18.2 Å². The molecule has 0 bridgehead atoms. The Morgan fingerprint density at radius 2 is 1.96 bits per heavy atom. The van der Waals surface area contributed by atoms with Crippen LogP contribution < -0.4 is 9.62 Å². The van der Waals surface area contributed by atoms with Gasteiger partial charge in [0.1, 0.15) is 4.75 Å². The van der Waals surface area contributed by atoms with Gasteiger partial charge in [0, 0.05) is 29.5 Å². The van der Waals surface area contributed by atoms with Crippen LogP contribution in [-0.4, -0.2) is 21.8 Å². The molecular formula is C21H32N2O2S. The van der Waals surface area contributed by atoms with Gasteiger partial charge in [-0.3, -0.25) is 4.79 Å². The summed E-state index contributed by atoms with van der Waals surface area (Å²) in [5, 5.41) is 0. The Morgan fingerprint density at radius 1 is 1.27 bits per heavy atom. The van der Waals surface area contributed by atoms with Gasteiger partial charge >= 0.3 is 0 Å². The Labute approximate surface area is 161 Å². The Morgan fingerprint density at radius 3 is 2.62 bits per heavy atom. The zero-order valence-electron chi connectivity index (χ0n) is 16.5. The summed E-state index contributed by atoms with van der Waals surface area (Å²) >= 11 is -1.10. The maximum Gasteiger partial charge on any atom is 0.230 e. The second-order valence-corrected chi connectivity index (χ2v) is 10.7. The first-order chi connectivity index (χ1) is 12.3. The topological polar surface area (TPSA) is 55.4 Å². The number of benzene rings is 1. The van der Waals surface area contributed by atoms with E-state index in [1.165, 1.54) is 24.8 Å². The molecule has 2 atom stereocenters. The lowest BCUT2D eigenvalue weighted by Gasteiger charge is -2.27. The van der Waals surface area contributed by atoms with Crippen molar-refractivity contribution in [1.82, 2.24) is 4.72 Å². The summed E-state index contributed by atoms with van der Waals surface area (Å²) in [5.74, 6) is 0.528. The molecule has 0 saturated heterocycles. The minimum absolute atomic E-state index is 0.0171. The lowest BCUT2D eigenvalue weighted by Crippen LogP contribution is -2.40. The van der Waals surface area contributed by atoms with Crippen molar-refractivity contribution in [2.24, 2.45) is 5.92 Å². The average molecular weight is 377 g/mol. The van der Waals surface area contributed by atoms with Crippen molar-refractivity contribution in [2.45, 2.75) is 77.0 Å². The van der Waals surface area contributed by atoms with Crippen molar-refractivity contribution < 1.29 is 9.35 Å². The minimum Gasteiger partial charge on any atom is -0.598 e. The van der Waals surface area contributed by atoms with Crippen LogP contribution in [0.3, 0.4) is 0 Å². The number of rotatable bonds is 4. The predicted molar refractivity (Wildman–Crippen MR) is 109 cm³/mol. The maximum absolute atomic E-state index is 12.9. The van der Waals surface area contributed by atoms with Gasteiger partial charge in [-0.1, -0.05) is 31.4 Å². The number of hydrogen-bond acceptors (Lipinski definition) is 3. The van der Waals surface area contributed by atoms with Crippen molar-refractivity contribution in [2.75, 3.05) is 11.4 Å². The lowest BCUT2D eigenvalue weighted by atomic mass is 9.88. The largest absolute Gasteiger partial charge is 0.598 e. The number of carbonyl (C=O) groups is 1. The summed E-state index contributed by atoms with van der Waals surface area (Å²) in [6.45, 7) is 8.76. The third-order valence-electron chi connectivity index (χ3n) is 5.56. The monoisotopic (exact) mass is 376 g/mol. The molecule has 0 aromatic heterocycles. The molecule has 1 saturated carbocycles. The van der Waals surface area contributed by atoms with Crippen LogP contribution >= 0.6 is 0 Å². The van der Waals surface area contributed by atoms with E-state index in [0.717, 1.165) is 37.1 Å². The molecule has 1 heterocycles. The quantitative estimate of drug-likeness (QED) is 0.799. The van der Waals surface area contributed by atoms with Gasteiger partial charge in [-0.2, -0.15) is 0 Å². The SMILES string of the molecule is C[C@@H](N[S@+]([O-])C(C)(C)C)c1ccc2c(c1)CCN2C(=O)C1CCCCC1. The van der Waals surface area contributed by atoms with Gasteiger partial charge in [0.25, 0.3) is 0 Å². The van der Waals surface area contributed by atoms with Gasteiger partial charge in [0.15, 0.2) is 0 Å². The van der Waals surface area contributed by atoms with E-state index in [0.29, 0.717) is 5.91 Å². The molecule has 4 nitrogen and oxygen atoms in total. The zero-order valence-corrected chi connectivity index (χ0v) is 17.3. The van der Waals surface area contributed by atoms with E-state index in [9.17, 15) is 9.35 Å². The summed E-state index contributed by atoms with van der Waals surface area (Å²) in [6, 6.07) is 6.35. The molecular weight excluding hydrogens is 344 g/mol. The van der Waals surface area contributed by atoms with Gasteiger partial charge in [-0.05, 0) is 64.2 Å². The van der Waals surface area contributed by atoms with Gasteiger partial charge in [0.2, 0.25) is 5.91 Å². The highest BCUT2D eigenvalue weighted by atomic mass is 32.2. The van der Waals surface area contributed by atoms with Crippen molar-refractivity contribution in [3.8, 4) is 0 Å². The number of fused-ring (bicyclic) bond motifs is 1. The minimum atomic E-state index is -1.10. The van der Waals surface area contributed by atoms with E-state index in [1.807, 2.05) is 32.6 Å². The molecule has 0 spiro atoms. The Balaban J connectivity index is 1.70. The Kier molecular flexibility index (Phi) is 6.00. The fourth-order valence-electron chi connectivity index (χ4n) is 3.90. The number of nitrogens with one attached hydrogen (secondary N) is 1. The van der Waals surface area contributed by atoms with E-state index < -0.39 is 11.4 Å². The van der Waals surface area contributed by atoms with E-state index in [-0.39, 0.29) is 16.7 Å². The molecule has 5 heteroatoms. The van der Waals surface area contributed by atoms with Crippen LogP contribution in [0.4, 0.5) is 5.69 Å². The highest BCUT2D eigenvalue weighted by Gasteiger charge is 2.32. The second kappa shape index (κ2) is 7.91. The van der Waals surface area contributed by atoms with Crippen molar-refractivity contribution >= 4 is 23.0 Å². The van der Waals surface area contributed by atoms with Crippen LogP contribution in [0.1, 0.15) is 77.0 Å². The second-order valence-electron chi connectivity index (χ2n) is 8.68. The van der Waals surface area contributed by atoms with Gasteiger partial charge in [0.05, 0.1) is 6.04 Å². The molecule has 1 aliphatic heterocycles. The average Bonchev–Trinajstić information content (AvgIpc) is 3.04. The fraction of sp³-hybridized carbons (Fsp3) is 0.667. The number of nitrogens with zero attached hydrogens (tertiary/aromatic N) is 1. The van der Waals surface area contributed by atoms with E-state index >= 15 is 0 Å². The molecule has 0 radical (unpaired) electrons. The van der Waals surface area contributed by atoms with Crippen molar-refractivity contribution in [1.29, 1.82) is 0 Å². The molecule has 1 aromatic rings. The standard InChI is InChI=1S/C21H32N2O2S/c1-15(22-26(25)21(2,3)4)17-10-11-19-18(14-17)12-13-23(19)20(24)16-8-6-5-7-9-16/h10-11,14-16,22H,5-9,12-13H2,1-4H3/t15-,26-/m1/s1. The molecule has 1 amide bonds. The maximum atomic E-state index is 12.9. The molecule has 1 aromatic carbocycles. The van der Waals surface area contributed by atoms with Crippen molar-refractivity contribution in [3.05, 3.63) is 29.3 Å². The van der Waals surface area contributed by atoms with Crippen LogP contribution in [-0.2, 0) is 22.6 Å². The number of anilines is 1.